The molecule has 0 radical (unpaired) electrons. The molecule has 2 rings (SSSR count). The van der Waals surface area contributed by atoms with Crippen molar-refractivity contribution >= 4 is 5.91 Å². The summed E-state index contributed by atoms with van der Waals surface area (Å²) in [6, 6.07) is 13.3. The van der Waals surface area contributed by atoms with Crippen molar-refractivity contribution in [3.05, 3.63) is 65.5 Å². The van der Waals surface area contributed by atoms with Gasteiger partial charge in [-0.05, 0) is 30.7 Å². The highest BCUT2D eigenvalue weighted by atomic mass is 19.1. The molecule has 0 saturated carbocycles. The molecule has 0 fully saturated rings. The lowest BCUT2D eigenvalue weighted by atomic mass is 10.1. The van der Waals surface area contributed by atoms with E-state index in [1.165, 1.54) is 25.3 Å². The first-order chi connectivity index (χ1) is 9.61. The maximum Gasteiger partial charge on any atom is 0.255 e. The molecular formula is C16H16FNO2. The van der Waals surface area contributed by atoms with Gasteiger partial charge in [-0.25, -0.2) is 4.39 Å². The molecule has 1 unspecified atom stereocenters. The van der Waals surface area contributed by atoms with Crippen LogP contribution in [0.4, 0.5) is 4.39 Å². The molecule has 0 heterocycles. The van der Waals surface area contributed by atoms with Crippen LogP contribution in [0.3, 0.4) is 0 Å². The van der Waals surface area contributed by atoms with Crippen LogP contribution in [0.15, 0.2) is 48.5 Å². The molecule has 1 atom stereocenters. The Kier molecular flexibility index (Phi) is 4.35. The number of carbonyl (C=O) groups excluding carboxylic acids is 1. The SMILES string of the molecule is COc1ccc(F)cc1C(=O)NC(C)c1ccccc1. The number of methoxy groups -OCH3 is 1. The van der Waals surface area contributed by atoms with E-state index in [-0.39, 0.29) is 17.5 Å². The summed E-state index contributed by atoms with van der Waals surface area (Å²) in [4.78, 5) is 12.2. The van der Waals surface area contributed by atoms with E-state index in [2.05, 4.69) is 5.32 Å². The van der Waals surface area contributed by atoms with Crippen LogP contribution >= 0.6 is 0 Å². The molecule has 3 nitrogen and oxygen atoms in total. The summed E-state index contributed by atoms with van der Waals surface area (Å²) in [7, 11) is 1.45. The van der Waals surface area contributed by atoms with E-state index in [0.29, 0.717) is 5.75 Å². The summed E-state index contributed by atoms with van der Waals surface area (Å²) in [5.41, 5.74) is 1.17. The molecule has 0 bridgehead atoms. The van der Waals surface area contributed by atoms with Crippen molar-refractivity contribution < 1.29 is 13.9 Å². The summed E-state index contributed by atoms with van der Waals surface area (Å²) in [5.74, 6) is -0.481. The molecule has 0 aliphatic heterocycles. The number of hydrogen-bond donors (Lipinski definition) is 1. The van der Waals surface area contributed by atoms with Crippen LogP contribution in [0, 0.1) is 5.82 Å². The number of benzene rings is 2. The molecule has 0 spiro atoms. The van der Waals surface area contributed by atoms with Crippen molar-refractivity contribution in [2.24, 2.45) is 0 Å². The van der Waals surface area contributed by atoms with Crippen molar-refractivity contribution in [1.29, 1.82) is 0 Å². The van der Waals surface area contributed by atoms with Crippen LogP contribution in [-0.2, 0) is 0 Å². The fourth-order valence-corrected chi connectivity index (χ4v) is 1.96. The van der Waals surface area contributed by atoms with Crippen LogP contribution in [0.5, 0.6) is 5.75 Å². The maximum absolute atomic E-state index is 13.3. The average Bonchev–Trinajstić information content (AvgIpc) is 2.48. The fraction of sp³-hybridized carbons (Fsp3) is 0.188. The van der Waals surface area contributed by atoms with Gasteiger partial charge in [-0.1, -0.05) is 30.3 Å². The summed E-state index contributed by atoms with van der Waals surface area (Å²) < 4.78 is 18.3. The molecule has 0 aliphatic carbocycles. The third kappa shape index (κ3) is 3.15. The number of halogens is 1. The van der Waals surface area contributed by atoms with Crippen molar-refractivity contribution in [3.8, 4) is 5.75 Å². The minimum Gasteiger partial charge on any atom is -0.496 e. The average molecular weight is 273 g/mol. The topological polar surface area (TPSA) is 38.3 Å². The first kappa shape index (κ1) is 14.1. The van der Waals surface area contributed by atoms with Crippen molar-refractivity contribution in [2.75, 3.05) is 7.11 Å². The Hall–Kier alpha value is -2.36. The van der Waals surface area contributed by atoms with E-state index >= 15 is 0 Å². The van der Waals surface area contributed by atoms with Gasteiger partial charge in [0.1, 0.15) is 11.6 Å². The lowest BCUT2D eigenvalue weighted by Gasteiger charge is -2.15. The van der Waals surface area contributed by atoms with Gasteiger partial charge in [-0.3, -0.25) is 4.79 Å². The summed E-state index contributed by atoms with van der Waals surface area (Å²) in [5, 5.41) is 2.83. The largest absolute Gasteiger partial charge is 0.496 e. The zero-order valence-corrected chi connectivity index (χ0v) is 11.4. The lowest BCUT2D eigenvalue weighted by Crippen LogP contribution is -2.27. The third-order valence-electron chi connectivity index (χ3n) is 3.05. The van der Waals surface area contributed by atoms with Gasteiger partial charge in [0.2, 0.25) is 0 Å². The minimum absolute atomic E-state index is 0.170. The molecule has 2 aromatic carbocycles. The second-order valence-electron chi connectivity index (χ2n) is 4.45. The maximum atomic E-state index is 13.3. The Morgan fingerprint density at radius 1 is 1.20 bits per heavy atom. The zero-order valence-electron chi connectivity index (χ0n) is 11.4. The van der Waals surface area contributed by atoms with Gasteiger partial charge >= 0.3 is 0 Å². The van der Waals surface area contributed by atoms with Crippen LogP contribution in [0.25, 0.3) is 0 Å². The molecular weight excluding hydrogens is 257 g/mol. The Labute approximate surface area is 117 Å². The van der Waals surface area contributed by atoms with Gasteiger partial charge in [0, 0.05) is 0 Å². The Morgan fingerprint density at radius 3 is 2.55 bits per heavy atom. The molecule has 104 valence electrons. The molecule has 1 amide bonds. The first-order valence-corrected chi connectivity index (χ1v) is 6.31. The van der Waals surface area contributed by atoms with E-state index < -0.39 is 5.82 Å². The number of nitrogens with one attached hydrogen (secondary N) is 1. The Morgan fingerprint density at radius 2 is 1.90 bits per heavy atom. The fourth-order valence-electron chi connectivity index (χ4n) is 1.96. The van der Waals surface area contributed by atoms with Crippen LogP contribution in [-0.4, -0.2) is 13.0 Å². The number of ether oxygens (including phenoxy) is 1. The highest BCUT2D eigenvalue weighted by molar-refractivity contribution is 5.97. The van der Waals surface area contributed by atoms with E-state index in [9.17, 15) is 9.18 Å². The summed E-state index contributed by atoms with van der Waals surface area (Å²) in [6.07, 6.45) is 0. The van der Waals surface area contributed by atoms with Gasteiger partial charge < -0.3 is 10.1 Å². The molecule has 0 saturated heterocycles. The van der Waals surface area contributed by atoms with Gasteiger partial charge in [0.15, 0.2) is 0 Å². The molecule has 0 aromatic heterocycles. The van der Waals surface area contributed by atoms with Crippen molar-refractivity contribution in [2.45, 2.75) is 13.0 Å². The first-order valence-electron chi connectivity index (χ1n) is 6.31. The smallest absolute Gasteiger partial charge is 0.255 e. The summed E-state index contributed by atoms with van der Waals surface area (Å²) >= 11 is 0. The van der Waals surface area contributed by atoms with Crippen molar-refractivity contribution in [3.63, 3.8) is 0 Å². The zero-order chi connectivity index (χ0) is 14.5. The van der Waals surface area contributed by atoms with Gasteiger partial charge in [0.05, 0.1) is 18.7 Å². The van der Waals surface area contributed by atoms with E-state index in [0.717, 1.165) is 5.56 Å². The van der Waals surface area contributed by atoms with Crippen molar-refractivity contribution in [1.82, 2.24) is 5.32 Å². The second kappa shape index (κ2) is 6.19. The Balaban J connectivity index is 2.18. The third-order valence-corrected chi connectivity index (χ3v) is 3.05. The Bertz CT molecular complexity index is 599. The molecule has 2 aromatic rings. The van der Waals surface area contributed by atoms with Crippen LogP contribution in [0.1, 0.15) is 28.9 Å². The van der Waals surface area contributed by atoms with Gasteiger partial charge in [-0.2, -0.15) is 0 Å². The van der Waals surface area contributed by atoms with E-state index in [4.69, 9.17) is 4.74 Å². The number of hydrogen-bond acceptors (Lipinski definition) is 2. The predicted octanol–water partition coefficient (Wildman–Crippen LogP) is 3.33. The number of rotatable bonds is 4. The number of amides is 1. The summed E-state index contributed by atoms with van der Waals surface area (Å²) in [6.45, 7) is 1.87. The van der Waals surface area contributed by atoms with E-state index in [1.54, 1.807) is 0 Å². The number of carbonyl (C=O) groups is 1. The highest BCUT2D eigenvalue weighted by Crippen LogP contribution is 2.20. The monoisotopic (exact) mass is 273 g/mol. The minimum atomic E-state index is -0.469. The van der Waals surface area contributed by atoms with Gasteiger partial charge in [-0.15, -0.1) is 0 Å². The second-order valence-corrected chi connectivity index (χ2v) is 4.45. The van der Waals surface area contributed by atoms with Crippen LogP contribution < -0.4 is 10.1 Å². The lowest BCUT2D eigenvalue weighted by molar-refractivity contribution is 0.0936. The van der Waals surface area contributed by atoms with Gasteiger partial charge in [0.25, 0.3) is 5.91 Å². The highest BCUT2D eigenvalue weighted by Gasteiger charge is 2.16. The molecule has 0 aliphatic rings. The quantitative estimate of drug-likeness (QED) is 0.928. The molecule has 1 N–H and O–H groups in total. The molecule has 20 heavy (non-hydrogen) atoms. The normalized spacial score (nSPS) is 11.8. The molecule has 4 heteroatoms. The van der Waals surface area contributed by atoms with Crippen LogP contribution in [0.2, 0.25) is 0 Å². The van der Waals surface area contributed by atoms with E-state index in [1.807, 2.05) is 37.3 Å². The standard InChI is InChI=1S/C16H16FNO2/c1-11(12-6-4-3-5-7-12)18-16(19)14-10-13(17)8-9-15(14)20-2/h3-11H,1-2H3,(H,18,19). The predicted molar refractivity (Wildman–Crippen MR) is 75.3 cm³/mol.